The fourth-order valence-corrected chi connectivity index (χ4v) is 4.48. The Balaban J connectivity index is 1.46. The Morgan fingerprint density at radius 3 is 2.35 bits per heavy atom. The predicted molar refractivity (Wildman–Crippen MR) is 105 cm³/mol. The smallest absolute Gasteiger partial charge is 0.242 e. The molecule has 0 spiro atoms. The van der Waals surface area contributed by atoms with Crippen LogP contribution >= 0.6 is 0 Å². The maximum atomic E-state index is 13.0. The summed E-state index contributed by atoms with van der Waals surface area (Å²) in [7, 11) is 0. The van der Waals surface area contributed by atoms with Crippen molar-refractivity contribution in [2.75, 3.05) is 26.2 Å². The summed E-state index contributed by atoms with van der Waals surface area (Å²) >= 11 is 0. The van der Waals surface area contributed by atoms with E-state index in [1.807, 2.05) is 23.1 Å². The molecular formula is C22H34N2O2. The van der Waals surface area contributed by atoms with Crippen LogP contribution in [-0.2, 0) is 11.2 Å². The van der Waals surface area contributed by atoms with Gasteiger partial charge in [-0.3, -0.25) is 9.69 Å². The highest BCUT2D eigenvalue weighted by molar-refractivity contribution is 5.85. The molecule has 0 unspecified atom stereocenters. The van der Waals surface area contributed by atoms with Crippen molar-refractivity contribution in [1.29, 1.82) is 0 Å². The van der Waals surface area contributed by atoms with Crippen molar-refractivity contribution >= 4 is 5.91 Å². The minimum Gasteiger partial charge on any atom is -0.393 e. The van der Waals surface area contributed by atoms with Gasteiger partial charge >= 0.3 is 0 Å². The van der Waals surface area contributed by atoms with Gasteiger partial charge in [0, 0.05) is 13.1 Å². The van der Waals surface area contributed by atoms with Gasteiger partial charge in [-0.2, -0.15) is 0 Å². The van der Waals surface area contributed by atoms with E-state index >= 15 is 0 Å². The van der Waals surface area contributed by atoms with Gasteiger partial charge in [-0.25, -0.2) is 0 Å². The number of carbonyl (C=O) groups excluding carboxylic acids is 1. The monoisotopic (exact) mass is 358 g/mol. The highest BCUT2D eigenvalue weighted by Crippen LogP contribution is 2.28. The average molecular weight is 359 g/mol. The second-order valence-electron chi connectivity index (χ2n) is 8.47. The van der Waals surface area contributed by atoms with Crippen LogP contribution in [0.4, 0.5) is 0 Å². The number of rotatable bonds is 6. The zero-order valence-electron chi connectivity index (χ0n) is 16.4. The van der Waals surface area contributed by atoms with Crippen LogP contribution in [0.15, 0.2) is 30.3 Å². The number of hydrogen-bond acceptors (Lipinski definition) is 3. The van der Waals surface area contributed by atoms with Gasteiger partial charge in [0.05, 0.1) is 11.6 Å². The first-order valence-electron chi connectivity index (χ1n) is 10.2. The van der Waals surface area contributed by atoms with Crippen LogP contribution in [0, 0.1) is 5.92 Å². The number of aryl methyl sites for hydroxylation is 1. The summed E-state index contributed by atoms with van der Waals surface area (Å²) < 4.78 is 0. The minimum atomic E-state index is -0.394. The van der Waals surface area contributed by atoms with Gasteiger partial charge < -0.3 is 10.0 Å². The quantitative estimate of drug-likeness (QED) is 0.850. The first-order chi connectivity index (χ1) is 12.5. The zero-order valence-corrected chi connectivity index (χ0v) is 16.4. The molecule has 4 nitrogen and oxygen atoms in total. The van der Waals surface area contributed by atoms with E-state index in [1.54, 1.807) is 0 Å². The molecule has 1 aromatic carbocycles. The van der Waals surface area contributed by atoms with Crippen LogP contribution in [0.2, 0.25) is 0 Å². The summed E-state index contributed by atoms with van der Waals surface area (Å²) in [4.78, 5) is 17.4. The van der Waals surface area contributed by atoms with E-state index in [0.29, 0.717) is 5.92 Å². The first kappa shape index (κ1) is 19.4. The second-order valence-corrected chi connectivity index (χ2v) is 8.47. The van der Waals surface area contributed by atoms with Crippen LogP contribution < -0.4 is 0 Å². The lowest BCUT2D eigenvalue weighted by Crippen LogP contribution is -2.56. The molecule has 2 aliphatic heterocycles. The van der Waals surface area contributed by atoms with Crippen LogP contribution in [0.5, 0.6) is 0 Å². The van der Waals surface area contributed by atoms with Crippen LogP contribution in [0.25, 0.3) is 0 Å². The lowest BCUT2D eigenvalue weighted by molar-refractivity contribution is -0.144. The normalized spacial score (nSPS) is 21.1. The largest absolute Gasteiger partial charge is 0.393 e. The van der Waals surface area contributed by atoms with E-state index in [2.05, 4.69) is 30.9 Å². The number of benzene rings is 1. The summed E-state index contributed by atoms with van der Waals surface area (Å²) in [6.45, 7) is 7.77. The topological polar surface area (TPSA) is 43.8 Å². The van der Waals surface area contributed by atoms with Gasteiger partial charge in [-0.05, 0) is 76.9 Å². The molecule has 2 saturated heterocycles. The zero-order chi connectivity index (χ0) is 18.6. The average Bonchev–Trinajstić information content (AvgIpc) is 3.22. The number of carbonyl (C=O) groups is 1. The molecule has 0 radical (unpaired) electrons. The lowest BCUT2D eigenvalue weighted by Gasteiger charge is -2.41. The third-order valence-electron chi connectivity index (χ3n) is 6.36. The van der Waals surface area contributed by atoms with E-state index < -0.39 is 5.54 Å². The Morgan fingerprint density at radius 2 is 1.73 bits per heavy atom. The Hall–Kier alpha value is -1.39. The number of hydrogen-bond donors (Lipinski definition) is 1. The molecule has 0 aliphatic carbocycles. The Kier molecular flexibility index (Phi) is 6.36. The summed E-state index contributed by atoms with van der Waals surface area (Å²) in [5.74, 6) is 0.578. The Labute approximate surface area is 158 Å². The van der Waals surface area contributed by atoms with Gasteiger partial charge in [0.2, 0.25) is 5.91 Å². The number of piperidine rings is 1. The fraction of sp³-hybridized carbons (Fsp3) is 0.682. The number of aliphatic hydroxyl groups is 1. The maximum Gasteiger partial charge on any atom is 0.242 e. The van der Waals surface area contributed by atoms with Crippen molar-refractivity contribution in [3.05, 3.63) is 35.9 Å². The molecule has 1 atom stereocenters. The van der Waals surface area contributed by atoms with Crippen molar-refractivity contribution in [3.63, 3.8) is 0 Å². The van der Waals surface area contributed by atoms with Crippen LogP contribution in [0.3, 0.4) is 0 Å². The number of amides is 1. The molecule has 4 heteroatoms. The summed E-state index contributed by atoms with van der Waals surface area (Å²) in [6.07, 6.45) is 5.69. The molecule has 1 aromatic rings. The highest BCUT2D eigenvalue weighted by Gasteiger charge is 2.40. The number of aliphatic hydroxyl groups excluding tert-OH is 1. The van der Waals surface area contributed by atoms with E-state index in [9.17, 15) is 9.90 Å². The molecule has 0 saturated carbocycles. The summed E-state index contributed by atoms with van der Waals surface area (Å²) in [6, 6.07) is 10.4. The minimum absolute atomic E-state index is 0.261. The van der Waals surface area contributed by atoms with Crippen molar-refractivity contribution in [2.24, 2.45) is 5.92 Å². The van der Waals surface area contributed by atoms with Gasteiger partial charge in [-0.15, -0.1) is 0 Å². The fourth-order valence-electron chi connectivity index (χ4n) is 4.48. The molecule has 2 heterocycles. The lowest BCUT2D eigenvalue weighted by atomic mass is 9.87. The highest BCUT2D eigenvalue weighted by atomic mass is 16.3. The van der Waals surface area contributed by atoms with Crippen molar-refractivity contribution in [2.45, 2.75) is 64.0 Å². The van der Waals surface area contributed by atoms with Gasteiger partial charge in [0.1, 0.15) is 0 Å². The first-order valence-corrected chi connectivity index (χ1v) is 10.2. The van der Waals surface area contributed by atoms with Crippen molar-refractivity contribution in [3.8, 4) is 0 Å². The third-order valence-corrected chi connectivity index (χ3v) is 6.36. The number of nitrogens with zero attached hydrogens (tertiary/aromatic N) is 2. The van der Waals surface area contributed by atoms with Crippen LogP contribution in [-0.4, -0.2) is 58.6 Å². The standard InChI is InChI=1S/C22H34N2O2/c1-22(2,24-14-6-7-15-24)21(26)23-16-12-19(13-17-23)20(25)11-10-18-8-4-3-5-9-18/h3-5,8-9,19-20,25H,6-7,10-17H2,1-2H3/t20-/m1/s1. The van der Waals surface area contributed by atoms with Crippen molar-refractivity contribution < 1.29 is 9.90 Å². The molecule has 0 aromatic heterocycles. The molecule has 2 aliphatic rings. The Bertz CT molecular complexity index is 573. The molecule has 1 N–H and O–H groups in total. The van der Waals surface area contributed by atoms with Crippen LogP contribution in [0.1, 0.15) is 51.5 Å². The van der Waals surface area contributed by atoms with Crippen molar-refractivity contribution in [1.82, 2.24) is 9.80 Å². The maximum absolute atomic E-state index is 13.0. The molecule has 3 rings (SSSR count). The predicted octanol–water partition coefficient (Wildman–Crippen LogP) is 3.09. The van der Waals surface area contributed by atoms with Gasteiger partial charge in [-0.1, -0.05) is 30.3 Å². The van der Waals surface area contributed by atoms with Gasteiger partial charge in [0.15, 0.2) is 0 Å². The molecule has 26 heavy (non-hydrogen) atoms. The number of likely N-dealkylation sites (tertiary alicyclic amines) is 2. The van der Waals surface area contributed by atoms with E-state index in [4.69, 9.17) is 0 Å². The van der Waals surface area contributed by atoms with Gasteiger partial charge in [0.25, 0.3) is 0 Å². The summed E-state index contributed by atoms with van der Waals surface area (Å²) in [5, 5.41) is 10.6. The Morgan fingerprint density at radius 1 is 1.12 bits per heavy atom. The molecule has 144 valence electrons. The third kappa shape index (κ3) is 4.47. The molecule has 1 amide bonds. The van der Waals surface area contributed by atoms with E-state index in [-0.39, 0.29) is 12.0 Å². The van der Waals surface area contributed by atoms with E-state index in [0.717, 1.165) is 51.9 Å². The second kappa shape index (κ2) is 8.53. The molecular weight excluding hydrogens is 324 g/mol. The van der Waals surface area contributed by atoms with E-state index in [1.165, 1.54) is 18.4 Å². The molecule has 2 fully saturated rings. The SMILES string of the molecule is CC(C)(C(=O)N1CCC([C@H](O)CCc2ccccc2)CC1)N1CCCC1. The molecule has 0 bridgehead atoms. The summed E-state index contributed by atoms with van der Waals surface area (Å²) in [5.41, 5.74) is 0.890.